The molecule has 0 heterocycles. The Morgan fingerprint density at radius 2 is 1.64 bits per heavy atom. The van der Waals surface area contributed by atoms with Gasteiger partial charge in [0.2, 0.25) is 0 Å². The molecule has 0 radical (unpaired) electrons. The van der Waals surface area contributed by atoms with Crippen LogP contribution in [-0.4, -0.2) is 23.1 Å². The van der Waals surface area contributed by atoms with Crippen molar-refractivity contribution in [3.8, 4) is 5.75 Å². The number of halogens is 1. The molecule has 0 unspecified atom stereocenters. The fraction of sp³-hybridized carbons (Fsp3) is 0. The molecule has 2 amide bonds. The van der Waals surface area contributed by atoms with Gasteiger partial charge in [-0.1, -0.05) is 0 Å². The average Bonchev–Trinajstić information content (AvgIpc) is 2.51. The van der Waals surface area contributed by atoms with Gasteiger partial charge >= 0.3 is 11.8 Å². The van der Waals surface area contributed by atoms with Crippen LogP contribution in [0.4, 0.5) is 10.1 Å². The van der Waals surface area contributed by atoms with Gasteiger partial charge in [-0.25, -0.2) is 9.82 Å². The summed E-state index contributed by atoms with van der Waals surface area (Å²) in [5.41, 5.74) is 2.99. The molecule has 3 N–H and O–H groups in total. The zero-order valence-electron chi connectivity index (χ0n) is 11.3. The van der Waals surface area contributed by atoms with Crippen LogP contribution in [0.3, 0.4) is 0 Å². The third-order valence-electron chi connectivity index (χ3n) is 2.58. The first-order chi connectivity index (χ1) is 10.5. The lowest BCUT2D eigenvalue weighted by molar-refractivity contribution is -0.136. The van der Waals surface area contributed by atoms with Crippen molar-refractivity contribution in [2.24, 2.45) is 5.10 Å². The van der Waals surface area contributed by atoms with Crippen molar-refractivity contribution in [1.29, 1.82) is 0 Å². The lowest BCUT2D eigenvalue weighted by Gasteiger charge is -2.03. The summed E-state index contributed by atoms with van der Waals surface area (Å²) < 4.78 is 12.7. The minimum absolute atomic E-state index is 0.111. The molecule has 0 aliphatic heterocycles. The average molecular weight is 301 g/mol. The second-order valence-electron chi connectivity index (χ2n) is 4.25. The number of phenolic OH excluding ortho intramolecular Hbond substituents is 1. The Morgan fingerprint density at radius 1 is 1.00 bits per heavy atom. The van der Waals surface area contributed by atoms with E-state index in [9.17, 15) is 14.0 Å². The third kappa shape index (κ3) is 4.41. The Hall–Kier alpha value is -3.22. The van der Waals surface area contributed by atoms with Gasteiger partial charge in [0, 0.05) is 5.69 Å². The third-order valence-corrected chi connectivity index (χ3v) is 2.58. The molecule has 0 fully saturated rings. The van der Waals surface area contributed by atoms with Gasteiger partial charge in [0.15, 0.2) is 0 Å². The molecule has 2 aromatic carbocycles. The molecule has 6 nitrogen and oxygen atoms in total. The van der Waals surface area contributed by atoms with Crippen molar-refractivity contribution >= 4 is 23.7 Å². The number of anilines is 1. The first kappa shape index (κ1) is 15.2. The summed E-state index contributed by atoms with van der Waals surface area (Å²) in [6.45, 7) is 0. The van der Waals surface area contributed by atoms with Gasteiger partial charge < -0.3 is 10.4 Å². The number of phenols is 1. The topological polar surface area (TPSA) is 90.8 Å². The van der Waals surface area contributed by atoms with Crippen LogP contribution < -0.4 is 10.7 Å². The second-order valence-corrected chi connectivity index (χ2v) is 4.25. The Balaban J connectivity index is 1.87. The van der Waals surface area contributed by atoms with Crippen molar-refractivity contribution in [3.05, 3.63) is 59.9 Å². The van der Waals surface area contributed by atoms with E-state index in [2.05, 4.69) is 15.8 Å². The summed E-state index contributed by atoms with van der Waals surface area (Å²) in [6, 6.07) is 11.1. The molecule has 7 heteroatoms. The number of nitrogens with zero attached hydrogens (tertiary/aromatic N) is 1. The molecular weight excluding hydrogens is 289 g/mol. The Morgan fingerprint density at radius 3 is 2.27 bits per heavy atom. The first-order valence-corrected chi connectivity index (χ1v) is 6.23. The van der Waals surface area contributed by atoms with Crippen LogP contribution >= 0.6 is 0 Å². The monoisotopic (exact) mass is 301 g/mol. The maximum Gasteiger partial charge on any atom is 0.329 e. The van der Waals surface area contributed by atoms with Crippen LogP contribution in [0.1, 0.15) is 5.56 Å². The van der Waals surface area contributed by atoms with Crippen molar-refractivity contribution in [2.45, 2.75) is 0 Å². The normalized spacial score (nSPS) is 10.4. The first-order valence-electron chi connectivity index (χ1n) is 6.23. The van der Waals surface area contributed by atoms with Gasteiger partial charge in [-0.2, -0.15) is 5.10 Å². The predicted molar refractivity (Wildman–Crippen MR) is 78.9 cm³/mol. The van der Waals surface area contributed by atoms with E-state index in [-0.39, 0.29) is 5.75 Å². The maximum atomic E-state index is 12.7. The molecule has 2 aromatic rings. The summed E-state index contributed by atoms with van der Waals surface area (Å²) in [6.07, 6.45) is 1.32. The van der Waals surface area contributed by atoms with E-state index >= 15 is 0 Å². The van der Waals surface area contributed by atoms with Crippen molar-refractivity contribution in [2.75, 3.05) is 5.32 Å². The number of aromatic hydroxyl groups is 1. The molecule has 0 aromatic heterocycles. The number of nitrogens with one attached hydrogen (secondary N) is 2. The zero-order chi connectivity index (χ0) is 15.9. The molecule has 112 valence electrons. The molecule has 2 rings (SSSR count). The van der Waals surface area contributed by atoms with Gasteiger partial charge in [0.25, 0.3) is 0 Å². The molecule has 22 heavy (non-hydrogen) atoms. The number of hydrogen-bond donors (Lipinski definition) is 3. The summed E-state index contributed by atoms with van der Waals surface area (Å²) in [5.74, 6) is -2.21. The van der Waals surface area contributed by atoms with Crippen molar-refractivity contribution in [3.63, 3.8) is 0 Å². The number of hydrogen-bond acceptors (Lipinski definition) is 4. The van der Waals surface area contributed by atoms with Crippen LogP contribution in [0, 0.1) is 5.82 Å². The lowest BCUT2D eigenvalue weighted by Crippen LogP contribution is -2.32. The molecule has 0 aliphatic rings. The SMILES string of the molecule is O=C(NN=Cc1ccc(O)cc1)C(=O)Nc1ccc(F)cc1. The number of carbonyl (C=O) groups is 2. The number of hydrazone groups is 1. The van der Waals surface area contributed by atoms with E-state index < -0.39 is 17.6 Å². The number of benzene rings is 2. The molecule has 0 saturated heterocycles. The number of carbonyl (C=O) groups excluding carboxylic acids is 2. The van der Waals surface area contributed by atoms with Gasteiger partial charge in [0.1, 0.15) is 11.6 Å². The van der Waals surface area contributed by atoms with E-state index in [1.54, 1.807) is 12.1 Å². The second kappa shape index (κ2) is 6.98. The van der Waals surface area contributed by atoms with Crippen LogP contribution in [0.2, 0.25) is 0 Å². The number of rotatable bonds is 3. The summed E-state index contributed by atoms with van der Waals surface area (Å²) in [5, 5.41) is 15.0. The highest BCUT2D eigenvalue weighted by Crippen LogP contribution is 2.08. The van der Waals surface area contributed by atoms with E-state index in [1.807, 2.05) is 0 Å². The van der Waals surface area contributed by atoms with Crippen LogP contribution in [-0.2, 0) is 9.59 Å². The van der Waals surface area contributed by atoms with Gasteiger partial charge in [0.05, 0.1) is 6.21 Å². The Labute approximate surface area is 125 Å². The minimum Gasteiger partial charge on any atom is -0.508 e. The molecule has 0 spiro atoms. The molecular formula is C15H12FN3O3. The minimum atomic E-state index is -0.959. The van der Waals surface area contributed by atoms with E-state index in [4.69, 9.17) is 5.11 Å². The maximum absolute atomic E-state index is 12.7. The van der Waals surface area contributed by atoms with Crippen LogP contribution in [0.15, 0.2) is 53.6 Å². The quantitative estimate of drug-likeness (QED) is 0.457. The highest BCUT2D eigenvalue weighted by molar-refractivity contribution is 6.39. The van der Waals surface area contributed by atoms with Gasteiger partial charge in [-0.3, -0.25) is 9.59 Å². The largest absolute Gasteiger partial charge is 0.508 e. The Kier molecular flexibility index (Phi) is 4.81. The molecule has 0 aliphatic carbocycles. The lowest BCUT2D eigenvalue weighted by atomic mass is 10.2. The summed E-state index contributed by atoms with van der Waals surface area (Å²) in [4.78, 5) is 23.1. The van der Waals surface area contributed by atoms with Crippen molar-refractivity contribution < 1.29 is 19.1 Å². The van der Waals surface area contributed by atoms with Gasteiger partial charge in [-0.05, 0) is 54.1 Å². The predicted octanol–water partition coefficient (Wildman–Crippen LogP) is 1.62. The zero-order valence-corrected chi connectivity index (χ0v) is 11.3. The van der Waals surface area contributed by atoms with Gasteiger partial charge in [-0.15, -0.1) is 0 Å². The highest BCUT2D eigenvalue weighted by atomic mass is 19.1. The van der Waals surface area contributed by atoms with Crippen LogP contribution in [0.5, 0.6) is 5.75 Å². The summed E-state index contributed by atoms with van der Waals surface area (Å²) >= 11 is 0. The molecule has 0 atom stereocenters. The van der Waals surface area contributed by atoms with E-state index in [0.717, 1.165) is 12.1 Å². The standard InChI is InChI=1S/C15H12FN3O3/c16-11-3-5-12(6-4-11)18-14(21)15(22)19-17-9-10-1-7-13(20)8-2-10/h1-9,20H,(H,18,21)(H,19,22). The highest BCUT2D eigenvalue weighted by Gasteiger charge is 2.12. The fourth-order valence-corrected chi connectivity index (χ4v) is 1.50. The smallest absolute Gasteiger partial charge is 0.329 e. The summed E-state index contributed by atoms with van der Waals surface area (Å²) in [7, 11) is 0. The van der Waals surface area contributed by atoms with E-state index in [1.165, 1.54) is 30.5 Å². The molecule has 0 saturated carbocycles. The Bertz CT molecular complexity index is 697. The molecule has 0 bridgehead atoms. The van der Waals surface area contributed by atoms with Crippen LogP contribution in [0.25, 0.3) is 0 Å². The fourth-order valence-electron chi connectivity index (χ4n) is 1.50. The number of amides is 2. The van der Waals surface area contributed by atoms with E-state index in [0.29, 0.717) is 11.3 Å². The van der Waals surface area contributed by atoms with Crippen molar-refractivity contribution in [1.82, 2.24) is 5.43 Å².